The zero-order valence-corrected chi connectivity index (χ0v) is 15.1. The molecule has 6 heteroatoms. The van der Waals surface area contributed by atoms with Gasteiger partial charge >= 0.3 is 11.9 Å². The summed E-state index contributed by atoms with van der Waals surface area (Å²) < 4.78 is 10.0. The Kier molecular flexibility index (Phi) is 11.5. The molecule has 0 aliphatic heterocycles. The van der Waals surface area contributed by atoms with Crippen LogP contribution in [0.4, 0.5) is 0 Å². The fourth-order valence-electron chi connectivity index (χ4n) is 1.06. The molecule has 4 nitrogen and oxygen atoms in total. The monoisotopic (exact) mass is 482 g/mol. The van der Waals surface area contributed by atoms with Crippen LogP contribution >= 0.6 is 45.2 Å². The lowest BCUT2D eigenvalue weighted by molar-refractivity contribution is -0.145. The molecule has 2 atom stereocenters. The minimum atomic E-state index is -0.159. The third-order valence-corrected chi connectivity index (χ3v) is 5.03. The van der Waals surface area contributed by atoms with Crippen LogP contribution in [0.5, 0.6) is 0 Å². The van der Waals surface area contributed by atoms with E-state index in [-0.39, 0.29) is 19.8 Å². The summed E-state index contributed by atoms with van der Waals surface area (Å²) in [5, 5.41) is 0. The molecule has 0 spiro atoms. The van der Waals surface area contributed by atoms with Crippen molar-refractivity contribution in [2.75, 3.05) is 13.2 Å². The van der Waals surface area contributed by atoms with Crippen molar-refractivity contribution in [1.82, 2.24) is 0 Å². The zero-order chi connectivity index (χ0) is 14.0. The number of hydrogen-bond acceptors (Lipinski definition) is 4. The molecular weight excluding hydrogens is 462 g/mol. The lowest BCUT2D eigenvalue weighted by Crippen LogP contribution is -2.18. The number of esters is 2. The second-order valence-corrected chi connectivity index (χ2v) is 6.80. The van der Waals surface area contributed by atoms with Gasteiger partial charge in [-0.25, -0.2) is 0 Å². The predicted octanol–water partition coefficient (Wildman–Crippen LogP) is 3.28. The molecule has 0 aromatic rings. The van der Waals surface area contributed by atoms with Crippen molar-refractivity contribution in [2.45, 2.75) is 47.4 Å². The van der Waals surface area contributed by atoms with Gasteiger partial charge in [-0.1, -0.05) is 59.0 Å². The van der Waals surface area contributed by atoms with E-state index in [1.165, 1.54) is 0 Å². The maximum Gasteiger partial charge on any atom is 0.318 e. The Morgan fingerprint density at radius 2 is 1.22 bits per heavy atom. The third kappa shape index (κ3) is 8.49. The number of rotatable bonds is 9. The highest BCUT2D eigenvalue weighted by molar-refractivity contribution is 14.1. The van der Waals surface area contributed by atoms with E-state index in [1.54, 1.807) is 0 Å². The van der Waals surface area contributed by atoms with Crippen LogP contribution in [0.3, 0.4) is 0 Å². The molecule has 0 saturated carbocycles. The van der Waals surface area contributed by atoms with Crippen LogP contribution in [0.15, 0.2) is 0 Å². The maximum absolute atomic E-state index is 11.3. The van der Waals surface area contributed by atoms with Gasteiger partial charge in [0.15, 0.2) is 0 Å². The first-order valence-corrected chi connectivity index (χ1v) is 8.63. The van der Waals surface area contributed by atoms with Gasteiger partial charge in [-0.3, -0.25) is 9.59 Å². The highest BCUT2D eigenvalue weighted by atomic mass is 127. The van der Waals surface area contributed by atoms with Gasteiger partial charge in [-0.05, 0) is 25.7 Å². The first-order valence-electron chi connectivity index (χ1n) is 6.14. The molecule has 0 rings (SSSR count). The van der Waals surface area contributed by atoms with E-state index in [4.69, 9.17) is 9.47 Å². The van der Waals surface area contributed by atoms with Crippen LogP contribution in [0.2, 0.25) is 0 Å². The van der Waals surface area contributed by atoms with E-state index < -0.39 is 0 Å². The number of unbranched alkanes of at least 4 members (excludes halogenated alkanes) is 1. The quantitative estimate of drug-likeness (QED) is 0.219. The smallest absolute Gasteiger partial charge is 0.318 e. The SMILES string of the molecule is CCC(I)C(=O)OCCCCOC(=O)C(I)CC. The van der Waals surface area contributed by atoms with Gasteiger partial charge in [-0.15, -0.1) is 0 Å². The molecule has 0 N–H and O–H groups in total. The number of carbonyl (C=O) groups excluding carboxylic acids is 2. The maximum atomic E-state index is 11.3. The molecule has 0 aromatic heterocycles. The van der Waals surface area contributed by atoms with Gasteiger partial charge in [0.2, 0.25) is 0 Å². The van der Waals surface area contributed by atoms with Crippen LogP contribution < -0.4 is 0 Å². The average Bonchev–Trinajstić information content (AvgIpc) is 2.39. The number of carbonyl (C=O) groups is 2. The lowest BCUT2D eigenvalue weighted by Gasteiger charge is -2.09. The largest absolute Gasteiger partial charge is 0.465 e. The molecule has 0 radical (unpaired) electrons. The third-order valence-electron chi connectivity index (χ3n) is 2.26. The van der Waals surface area contributed by atoms with Crippen molar-refractivity contribution < 1.29 is 19.1 Å². The highest BCUT2D eigenvalue weighted by Crippen LogP contribution is 2.09. The molecule has 0 saturated heterocycles. The average molecular weight is 482 g/mol. The summed E-state index contributed by atoms with van der Waals surface area (Å²) in [6.07, 6.45) is 3.02. The lowest BCUT2D eigenvalue weighted by atomic mass is 10.3. The van der Waals surface area contributed by atoms with Crippen molar-refractivity contribution >= 4 is 57.1 Å². The van der Waals surface area contributed by atoms with Gasteiger partial charge in [0.05, 0.1) is 13.2 Å². The molecule has 0 aromatic carbocycles. The second kappa shape index (κ2) is 11.2. The van der Waals surface area contributed by atoms with E-state index in [9.17, 15) is 9.59 Å². The summed E-state index contributed by atoms with van der Waals surface area (Å²) >= 11 is 4.15. The Hall–Kier alpha value is 0.400. The molecule has 0 amide bonds. The standard InChI is InChI=1S/C12H20I2O4/c1-3-9(13)11(15)17-7-5-6-8-18-12(16)10(14)4-2/h9-10H,3-8H2,1-2H3. The summed E-state index contributed by atoms with van der Waals surface area (Å²) in [6.45, 7) is 4.70. The van der Waals surface area contributed by atoms with Crippen molar-refractivity contribution in [1.29, 1.82) is 0 Å². The van der Waals surface area contributed by atoms with Gasteiger partial charge in [0.1, 0.15) is 7.85 Å². The Morgan fingerprint density at radius 3 is 1.50 bits per heavy atom. The number of alkyl halides is 2. The zero-order valence-electron chi connectivity index (χ0n) is 10.8. The van der Waals surface area contributed by atoms with Crippen LogP contribution in [-0.2, 0) is 19.1 Å². The normalized spacial score (nSPS) is 13.8. The Morgan fingerprint density at radius 1 is 0.889 bits per heavy atom. The van der Waals surface area contributed by atoms with E-state index >= 15 is 0 Å². The van der Waals surface area contributed by atoms with Crippen molar-refractivity contribution in [3.05, 3.63) is 0 Å². The molecule has 0 heterocycles. The summed E-state index contributed by atoms with van der Waals surface area (Å²) in [6, 6.07) is 0. The van der Waals surface area contributed by atoms with Gasteiger partial charge < -0.3 is 9.47 Å². The first-order chi connectivity index (χ1) is 8.52. The minimum Gasteiger partial charge on any atom is -0.465 e. The van der Waals surface area contributed by atoms with Crippen LogP contribution in [-0.4, -0.2) is 33.0 Å². The molecule has 2 unspecified atom stereocenters. The molecule has 0 bridgehead atoms. The molecular formula is C12H20I2O4. The highest BCUT2D eigenvalue weighted by Gasteiger charge is 2.14. The first kappa shape index (κ1) is 18.4. The van der Waals surface area contributed by atoms with E-state index in [0.29, 0.717) is 13.2 Å². The Bertz CT molecular complexity index is 232. The van der Waals surface area contributed by atoms with Crippen molar-refractivity contribution in [2.24, 2.45) is 0 Å². The molecule has 0 aliphatic rings. The van der Waals surface area contributed by atoms with Crippen molar-refractivity contribution in [3.63, 3.8) is 0 Å². The fraction of sp³-hybridized carbons (Fsp3) is 0.833. The van der Waals surface area contributed by atoms with E-state index in [0.717, 1.165) is 25.7 Å². The van der Waals surface area contributed by atoms with Gasteiger partial charge in [-0.2, -0.15) is 0 Å². The van der Waals surface area contributed by atoms with Gasteiger partial charge in [0.25, 0.3) is 0 Å². The van der Waals surface area contributed by atoms with E-state index in [2.05, 4.69) is 45.2 Å². The minimum absolute atomic E-state index is 0.0650. The number of hydrogen-bond donors (Lipinski definition) is 0. The predicted molar refractivity (Wildman–Crippen MR) is 87.4 cm³/mol. The summed E-state index contributed by atoms with van der Waals surface area (Å²) in [5.41, 5.74) is 0. The number of halogens is 2. The molecule has 18 heavy (non-hydrogen) atoms. The van der Waals surface area contributed by atoms with Gasteiger partial charge in [0, 0.05) is 0 Å². The Labute approximate surface area is 136 Å². The van der Waals surface area contributed by atoms with E-state index in [1.807, 2.05) is 13.8 Å². The van der Waals surface area contributed by atoms with Crippen LogP contribution in [0.25, 0.3) is 0 Å². The van der Waals surface area contributed by atoms with Crippen molar-refractivity contribution in [3.8, 4) is 0 Å². The topological polar surface area (TPSA) is 52.6 Å². The molecule has 106 valence electrons. The van der Waals surface area contributed by atoms with Crippen LogP contribution in [0, 0.1) is 0 Å². The number of ether oxygens (including phenoxy) is 2. The molecule has 0 aliphatic carbocycles. The summed E-state index contributed by atoms with van der Waals surface area (Å²) in [5.74, 6) is -0.318. The van der Waals surface area contributed by atoms with Crippen LogP contribution in [0.1, 0.15) is 39.5 Å². The second-order valence-electron chi connectivity index (χ2n) is 3.79. The summed E-state index contributed by atoms with van der Waals surface area (Å²) in [7, 11) is 0. The molecule has 0 fully saturated rings. The Balaban J connectivity index is 3.47. The fourth-order valence-corrected chi connectivity index (χ4v) is 1.42. The summed E-state index contributed by atoms with van der Waals surface area (Å²) in [4.78, 5) is 22.7.